The molecular formula is C17H22N4O6S. The van der Waals surface area contributed by atoms with E-state index < -0.39 is 27.7 Å². The first-order valence-corrected chi connectivity index (χ1v) is 9.56. The van der Waals surface area contributed by atoms with Crippen LogP contribution in [0.5, 0.6) is 0 Å². The molecule has 152 valence electrons. The maximum Gasteiger partial charge on any atom is 0.407 e. The minimum Gasteiger partial charge on any atom is -0.444 e. The van der Waals surface area contributed by atoms with E-state index in [1.54, 1.807) is 26.8 Å². The highest BCUT2D eigenvalue weighted by atomic mass is 32.2. The summed E-state index contributed by atoms with van der Waals surface area (Å²) in [5, 5.41) is 16.7. The van der Waals surface area contributed by atoms with Crippen molar-refractivity contribution in [3.8, 4) is 6.07 Å². The predicted molar refractivity (Wildman–Crippen MR) is 101 cm³/mol. The second-order valence-corrected chi connectivity index (χ2v) is 7.93. The second-order valence-electron chi connectivity index (χ2n) is 6.51. The fraction of sp³-hybridized carbons (Fsp3) is 0.353. The van der Waals surface area contributed by atoms with Gasteiger partial charge in [-0.15, -0.1) is 0 Å². The Labute approximate surface area is 163 Å². The van der Waals surface area contributed by atoms with Crippen molar-refractivity contribution in [2.45, 2.75) is 31.3 Å². The van der Waals surface area contributed by atoms with Gasteiger partial charge < -0.3 is 20.7 Å². The van der Waals surface area contributed by atoms with Crippen LogP contribution in [0.15, 0.2) is 40.9 Å². The van der Waals surface area contributed by atoms with Gasteiger partial charge in [-0.3, -0.25) is 9.35 Å². The van der Waals surface area contributed by atoms with E-state index in [-0.39, 0.29) is 29.2 Å². The fourth-order valence-corrected chi connectivity index (χ4v) is 2.26. The van der Waals surface area contributed by atoms with Crippen LogP contribution >= 0.6 is 0 Å². The van der Waals surface area contributed by atoms with Crippen LogP contribution in [0.3, 0.4) is 0 Å². The van der Waals surface area contributed by atoms with E-state index in [1.807, 2.05) is 0 Å². The first-order valence-electron chi connectivity index (χ1n) is 8.12. The zero-order chi connectivity index (χ0) is 21.4. The predicted octanol–water partition coefficient (Wildman–Crippen LogP) is 1.39. The molecule has 0 radical (unpaired) electrons. The van der Waals surface area contributed by atoms with Gasteiger partial charge in [0.2, 0.25) is 0 Å². The van der Waals surface area contributed by atoms with Crippen LogP contribution in [0.1, 0.15) is 20.8 Å². The van der Waals surface area contributed by atoms with E-state index in [1.165, 1.54) is 18.3 Å². The molecule has 4 N–H and O–H groups in total. The fourth-order valence-electron chi connectivity index (χ4n) is 1.78. The van der Waals surface area contributed by atoms with Crippen molar-refractivity contribution in [1.82, 2.24) is 10.6 Å². The number of nitrogens with one attached hydrogen (secondary N) is 3. The van der Waals surface area contributed by atoms with Crippen molar-refractivity contribution in [3.63, 3.8) is 0 Å². The summed E-state index contributed by atoms with van der Waals surface area (Å²) < 4.78 is 35.9. The summed E-state index contributed by atoms with van der Waals surface area (Å²) in [6, 6.07) is 6.50. The second kappa shape index (κ2) is 9.72. The number of nitriles is 1. The van der Waals surface area contributed by atoms with Crippen LogP contribution in [-0.2, 0) is 19.6 Å². The van der Waals surface area contributed by atoms with Gasteiger partial charge in [0.25, 0.3) is 16.0 Å². The molecule has 0 fully saturated rings. The van der Waals surface area contributed by atoms with E-state index in [2.05, 4.69) is 16.0 Å². The molecule has 0 bridgehead atoms. The Morgan fingerprint density at radius 3 is 2.32 bits per heavy atom. The molecule has 0 aromatic heterocycles. The van der Waals surface area contributed by atoms with E-state index >= 15 is 0 Å². The highest BCUT2D eigenvalue weighted by molar-refractivity contribution is 7.85. The third-order valence-corrected chi connectivity index (χ3v) is 3.83. The van der Waals surface area contributed by atoms with Gasteiger partial charge in [-0.25, -0.2) is 4.79 Å². The minimum absolute atomic E-state index is 0.211. The summed E-state index contributed by atoms with van der Waals surface area (Å²) >= 11 is 0. The van der Waals surface area contributed by atoms with Crippen LogP contribution in [0.2, 0.25) is 0 Å². The monoisotopic (exact) mass is 410 g/mol. The van der Waals surface area contributed by atoms with E-state index in [4.69, 9.17) is 14.6 Å². The molecule has 0 unspecified atom stereocenters. The Hall–Kier alpha value is -3.10. The van der Waals surface area contributed by atoms with Crippen LogP contribution < -0.4 is 16.0 Å². The molecule has 10 nitrogen and oxygen atoms in total. The number of benzene rings is 1. The average Bonchev–Trinajstić information content (AvgIpc) is 2.56. The number of rotatable bonds is 7. The molecule has 0 atom stereocenters. The van der Waals surface area contributed by atoms with E-state index in [9.17, 15) is 18.0 Å². The lowest BCUT2D eigenvalue weighted by atomic mass is 10.2. The summed E-state index contributed by atoms with van der Waals surface area (Å²) in [6.07, 6.45) is 0.614. The smallest absolute Gasteiger partial charge is 0.407 e. The highest BCUT2D eigenvalue weighted by Gasteiger charge is 2.15. The van der Waals surface area contributed by atoms with Crippen molar-refractivity contribution < 1.29 is 27.3 Å². The maximum atomic E-state index is 12.1. The Bertz CT molecular complexity index is 880. The van der Waals surface area contributed by atoms with Gasteiger partial charge in [0.15, 0.2) is 0 Å². The average molecular weight is 410 g/mol. The molecule has 0 aliphatic heterocycles. The normalized spacial score (nSPS) is 11.9. The first kappa shape index (κ1) is 22.9. The van der Waals surface area contributed by atoms with Crippen LogP contribution in [0, 0.1) is 11.3 Å². The molecule has 1 rings (SSSR count). The lowest BCUT2D eigenvalue weighted by Crippen LogP contribution is -2.35. The number of hydrogen-bond acceptors (Lipinski definition) is 7. The van der Waals surface area contributed by atoms with Crippen molar-refractivity contribution in [2.24, 2.45) is 0 Å². The number of amides is 2. The van der Waals surface area contributed by atoms with Gasteiger partial charge in [0.05, 0.1) is 4.90 Å². The summed E-state index contributed by atoms with van der Waals surface area (Å²) in [5.74, 6) is -0.713. The number of carbonyl (C=O) groups is 2. The zero-order valence-electron chi connectivity index (χ0n) is 15.6. The Kier molecular flexibility index (Phi) is 7.97. The van der Waals surface area contributed by atoms with Crippen LogP contribution in [0.4, 0.5) is 10.5 Å². The molecule has 0 aliphatic carbocycles. The van der Waals surface area contributed by atoms with Gasteiger partial charge in [-0.05, 0) is 45.0 Å². The van der Waals surface area contributed by atoms with Crippen molar-refractivity contribution in [1.29, 1.82) is 5.26 Å². The molecule has 0 aliphatic rings. The Balaban J connectivity index is 2.52. The van der Waals surface area contributed by atoms with E-state index in [0.29, 0.717) is 0 Å². The molecule has 1 aromatic rings. The summed E-state index contributed by atoms with van der Waals surface area (Å²) in [5.41, 5.74) is -0.593. The number of nitrogens with zero attached hydrogens (tertiary/aromatic N) is 1. The van der Waals surface area contributed by atoms with Gasteiger partial charge in [-0.2, -0.15) is 13.7 Å². The lowest BCUT2D eigenvalue weighted by Gasteiger charge is -2.19. The topological polar surface area (TPSA) is 158 Å². The highest BCUT2D eigenvalue weighted by Crippen LogP contribution is 2.14. The zero-order valence-corrected chi connectivity index (χ0v) is 16.5. The maximum absolute atomic E-state index is 12.1. The SMILES string of the molecule is CC(C)(C)OC(=O)NCCN/C=C(/C#N)C(=O)Nc1ccc(S(=O)(=O)O)cc1. The standard InChI is InChI=1S/C17H22N4O6S/c1-17(2,3)27-16(23)20-9-8-19-11-12(10-18)15(22)21-13-4-6-14(7-5-13)28(24,25)26/h4-7,11,19H,8-9H2,1-3H3,(H,20,23)(H,21,22)(H,24,25,26)/b12-11-. The van der Waals surface area contributed by atoms with Crippen molar-refractivity contribution in [2.75, 3.05) is 18.4 Å². The third kappa shape index (κ3) is 8.52. The van der Waals surface area contributed by atoms with E-state index in [0.717, 1.165) is 12.1 Å². The Morgan fingerprint density at radius 2 is 1.82 bits per heavy atom. The minimum atomic E-state index is -4.33. The molecule has 11 heteroatoms. The number of alkyl carbamates (subject to hydrolysis) is 1. The first-order chi connectivity index (χ1) is 12.9. The molecule has 0 spiro atoms. The lowest BCUT2D eigenvalue weighted by molar-refractivity contribution is -0.112. The largest absolute Gasteiger partial charge is 0.444 e. The van der Waals surface area contributed by atoms with Crippen molar-refractivity contribution in [3.05, 3.63) is 36.0 Å². The summed E-state index contributed by atoms with van der Waals surface area (Å²) in [4.78, 5) is 23.2. The quantitative estimate of drug-likeness (QED) is 0.227. The van der Waals surface area contributed by atoms with Gasteiger partial charge in [0.1, 0.15) is 17.2 Å². The Morgan fingerprint density at radius 1 is 1.21 bits per heavy atom. The molecule has 0 heterocycles. The summed E-state index contributed by atoms with van der Waals surface area (Å²) in [6.45, 7) is 5.68. The molecule has 28 heavy (non-hydrogen) atoms. The number of hydrogen-bond donors (Lipinski definition) is 4. The number of carbonyl (C=O) groups excluding carboxylic acids is 2. The van der Waals surface area contributed by atoms with Gasteiger partial charge in [-0.1, -0.05) is 0 Å². The number of ether oxygens (including phenoxy) is 1. The molecule has 2 amide bonds. The van der Waals surface area contributed by atoms with Gasteiger partial charge >= 0.3 is 6.09 Å². The van der Waals surface area contributed by atoms with Gasteiger partial charge in [0, 0.05) is 25.0 Å². The molecule has 1 aromatic carbocycles. The molecular weight excluding hydrogens is 388 g/mol. The van der Waals surface area contributed by atoms with Crippen molar-refractivity contribution >= 4 is 27.8 Å². The number of anilines is 1. The molecule has 0 saturated carbocycles. The summed E-state index contributed by atoms with van der Waals surface area (Å²) in [7, 11) is -4.33. The third-order valence-electron chi connectivity index (χ3n) is 2.96. The van der Waals surface area contributed by atoms with Crippen LogP contribution in [0.25, 0.3) is 0 Å². The molecule has 0 saturated heterocycles. The van der Waals surface area contributed by atoms with Crippen LogP contribution in [-0.4, -0.2) is 43.7 Å².